The van der Waals surface area contributed by atoms with Gasteiger partial charge in [0.15, 0.2) is 11.6 Å². The highest BCUT2D eigenvalue weighted by Gasteiger charge is 2.32. The van der Waals surface area contributed by atoms with E-state index in [0.29, 0.717) is 11.1 Å². The molecule has 2 aliphatic rings. The van der Waals surface area contributed by atoms with Gasteiger partial charge in [-0.15, -0.1) is 0 Å². The Balaban J connectivity index is 1.66. The number of hydrogen-bond donors (Lipinski definition) is 0. The van der Waals surface area contributed by atoms with Crippen molar-refractivity contribution in [2.24, 2.45) is 0 Å². The van der Waals surface area contributed by atoms with Crippen LogP contribution < -0.4 is 0 Å². The number of carbonyl (C=O) groups is 2. The fraction of sp³-hybridized carbons (Fsp3) is 0. The lowest BCUT2D eigenvalue weighted by molar-refractivity contribution is 0.0989. The molecule has 0 unspecified atom stereocenters. The normalized spacial score (nSPS) is 14.5. The molecule has 0 bridgehead atoms. The highest BCUT2D eigenvalue weighted by molar-refractivity contribution is 7.99. The smallest absolute Gasteiger partial charge is 0.197 e. The number of Topliss-reactive ketones (excluding diaryl/α,β-unsaturated/α-hetero) is 2. The van der Waals surface area contributed by atoms with E-state index in [1.54, 1.807) is 42.1 Å². The minimum atomic E-state index is -0.195. The number of carbonyl (C=O) groups excluding carboxylic acids is 2. The van der Waals surface area contributed by atoms with Gasteiger partial charge in [0.25, 0.3) is 0 Å². The maximum Gasteiger partial charge on any atom is 0.197 e. The fourth-order valence-electron chi connectivity index (χ4n) is 3.59. The summed E-state index contributed by atoms with van der Waals surface area (Å²) in [6, 6.07) is 23.4. The van der Waals surface area contributed by atoms with Crippen LogP contribution in [0, 0.1) is 0 Å². The van der Waals surface area contributed by atoms with Gasteiger partial charge in [0.1, 0.15) is 0 Å². The van der Waals surface area contributed by atoms with Gasteiger partial charge in [-0.2, -0.15) is 0 Å². The number of ketones is 2. The topological polar surface area (TPSA) is 34.1 Å². The van der Waals surface area contributed by atoms with Crippen molar-refractivity contribution in [1.29, 1.82) is 0 Å². The Morgan fingerprint density at radius 2 is 0.926 bits per heavy atom. The van der Waals surface area contributed by atoms with E-state index in [9.17, 15) is 9.59 Å². The molecule has 3 aromatic carbocycles. The van der Waals surface area contributed by atoms with E-state index in [2.05, 4.69) is 24.3 Å². The van der Waals surface area contributed by atoms with E-state index in [1.165, 1.54) is 9.79 Å². The standard InChI is InChI=1S/C24H14O2S/c25-23-18-9-1-2-10-19(18)24(26)20(23)14-13-15-16-7-3-5-11-21(16)27-22-12-6-4-8-17(15)22/h1-14H. The van der Waals surface area contributed by atoms with Crippen LogP contribution >= 0.6 is 11.8 Å². The molecule has 5 rings (SSSR count). The molecule has 0 atom stereocenters. The van der Waals surface area contributed by atoms with Crippen LogP contribution in [0.3, 0.4) is 0 Å². The molecule has 3 aromatic rings. The number of allylic oxidation sites excluding steroid dienone is 3. The van der Waals surface area contributed by atoms with Crippen molar-refractivity contribution in [1.82, 2.24) is 0 Å². The predicted octanol–water partition coefficient (Wildman–Crippen LogP) is 5.59. The maximum atomic E-state index is 12.6. The van der Waals surface area contributed by atoms with Gasteiger partial charge in [-0.3, -0.25) is 9.59 Å². The first-order valence-electron chi connectivity index (χ1n) is 8.71. The van der Waals surface area contributed by atoms with E-state index in [0.717, 1.165) is 16.7 Å². The van der Waals surface area contributed by atoms with Gasteiger partial charge in [0.05, 0.1) is 5.57 Å². The van der Waals surface area contributed by atoms with Gasteiger partial charge in [-0.05, 0) is 34.9 Å². The third-order valence-corrected chi connectivity index (χ3v) is 6.05. The summed E-state index contributed by atoms with van der Waals surface area (Å²) in [5.74, 6) is -0.390. The van der Waals surface area contributed by atoms with Gasteiger partial charge in [-0.25, -0.2) is 0 Å². The van der Waals surface area contributed by atoms with Crippen LogP contribution in [0.4, 0.5) is 0 Å². The van der Waals surface area contributed by atoms with E-state index in [-0.39, 0.29) is 17.1 Å². The van der Waals surface area contributed by atoms with Gasteiger partial charge in [0.2, 0.25) is 0 Å². The Morgan fingerprint density at radius 1 is 0.519 bits per heavy atom. The van der Waals surface area contributed by atoms with Gasteiger partial charge in [0, 0.05) is 20.9 Å². The zero-order valence-electron chi connectivity index (χ0n) is 14.3. The molecule has 27 heavy (non-hydrogen) atoms. The molecular formula is C24H14O2S. The minimum Gasteiger partial charge on any atom is -0.288 e. The summed E-state index contributed by atoms with van der Waals surface area (Å²) in [7, 11) is 0. The molecule has 0 N–H and O–H groups in total. The lowest BCUT2D eigenvalue weighted by Gasteiger charge is -2.21. The van der Waals surface area contributed by atoms with Crippen molar-refractivity contribution in [3.8, 4) is 0 Å². The monoisotopic (exact) mass is 366 g/mol. The maximum absolute atomic E-state index is 12.6. The Morgan fingerprint density at radius 3 is 1.44 bits per heavy atom. The highest BCUT2D eigenvalue weighted by atomic mass is 32.2. The molecule has 0 fully saturated rings. The SMILES string of the molecule is O=C1C(=CC=C2c3ccccc3Sc3ccccc32)C(=O)c2ccccc21. The zero-order valence-corrected chi connectivity index (χ0v) is 15.1. The largest absolute Gasteiger partial charge is 0.288 e. The molecule has 1 aliphatic heterocycles. The summed E-state index contributed by atoms with van der Waals surface area (Å²) in [6.45, 7) is 0. The first-order chi connectivity index (χ1) is 13.2. The predicted molar refractivity (Wildman–Crippen MR) is 107 cm³/mol. The fourth-order valence-corrected chi connectivity index (χ4v) is 4.70. The molecule has 1 aliphatic carbocycles. The molecule has 2 nitrogen and oxygen atoms in total. The highest BCUT2D eigenvalue weighted by Crippen LogP contribution is 2.45. The van der Waals surface area contributed by atoms with Crippen molar-refractivity contribution in [2.45, 2.75) is 9.79 Å². The Kier molecular flexibility index (Phi) is 3.69. The molecule has 0 radical (unpaired) electrons. The Hall–Kier alpha value is -3.17. The average Bonchev–Trinajstić information content (AvgIpc) is 2.96. The Labute approximate surface area is 161 Å². The summed E-state index contributed by atoms with van der Waals surface area (Å²) in [5.41, 5.74) is 4.49. The summed E-state index contributed by atoms with van der Waals surface area (Å²) in [5, 5.41) is 0. The second-order valence-electron chi connectivity index (χ2n) is 6.46. The van der Waals surface area contributed by atoms with Crippen LogP contribution in [0.15, 0.2) is 100 Å². The van der Waals surface area contributed by atoms with E-state index >= 15 is 0 Å². The molecule has 0 aromatic heterocycles. The molecule has 0 spiro atoms. The quantitative estimate of drug-likeness (QED) is 0.325. The molecular weight excluding hydrogens is 352 g/mol. The number of rotatable bonds is 1. The van der Waals surface area contributed by atoms with Gasteiger partial charge >= 0.3 is 0 Å². The number of hydrogen-bond acceptors (Lipinski definition) is 3. The lowest BCUT2D eigenvalue weighted by Crippen LogP contribution is -2.01. The van der Waals surface area contributed by atoms with Crippen molar-refractivity contribution in [3.63, 3.8) is 0 Å². The van der Waals surface area contributed by atoms with E-state index in [4.69, 9.17) is 0 Å². The van der Waals surface area contributed by atoms with Crippen LogP contribution in [0.1, 0.15) is 31.8 Å². The van der Waals surface area contributed by atoms with Gasteiger partial charge < -0.3 is 0 Å². The summed E-state index contributed by atoms with van der Waals surface area (Å²) >= 11 is 1.74. The molecule has 0 amide bonds. The van der Waals surface area contributed by atoms with Crippen molar-refractivity contribution < 1.29 is 9.59 Å². The summed E-state index contributed by atoms with van der Waals surface area (Å²) < 4.78 is 0. The van der Waals surface area contributed by atoms with Crippen LogP contribution in [0.5, 0.6) is 0 Å². The third kappa shape index (κ3) is 2.51. The number of fused-ring (bicyclic) bond motifs is 3. The van der Waals surface area contributed by atoms with Crippen LogP contribution in [0.2, 0.25) is 0 Å². The summed E-state index contributed by atoms with van der Waals surface area (Å²) in [6.07, 6.45) is 3.60. The van der Waals surface area contributed by atoms with Crippen LogP contribution in [0.25, 0.3) is 5.57 Å². The first kappa shape index (κ1) is 16.0. The Bertz CT molecular complexity index is 1100. The second kappa shape index (κ2) is 6.22. The van der Waals surface area contributed by atoms with Crippen molar-refractivity contribution in [3.05, 3.63) is 113 Å². The third-order valence-electron chi connectivity index (χ3n) is 4.90. The lowest BCUT2D eigenvalue weighted by atomic mass is 9.96. The van der Waals surface area contributed by atoms with E-state index < -0.39 is 0 Å². The van der Waals surface area contributed by atoms with Crippen molar-refractivity contribution in [2.75, 3.05) is 0 Å². The molecule has 0 saturated heterocycles. The van der Waals surface area contributed by atoms with Gasteiger partial charge in [-0.1, -0.05) is 78.5 Å². The van der Waals surface area contributed by atoms with Crippen LogP contribution in [-0.4, -0.2) is 11.6 Å². The minimum absolute atomic E-state index is 0.195. The van der Waals surface area contributed by atoms with E-state index in [1.807, 2.05) is 30.3 Å². The first-order valence-corrected chi connectivity index (χ1v) is 9.53. The summed E-state index contributed by atoms with van der Waals surface area (Å²) in [4.78, 5) is 27.6. The molecule has 128 valence electrons. The molecule has 1 heterocycles. The van der Waals surface area contributed by atoms with Crippen molar-refractivity contribution >= 4 is 28.9 Å². The molecule has 0 saturated carbocycles. The number of benzene rings is 3. The average molecular weight is 366 g/mol. The second-order valence-corrected chi connectivity index (χ2v) is 7.54. The van der Waals surface area contributed by atoms with Crippen LogP contribution in [-0.2, 0) is 0 Å². The molecule has 3 heteroatoms. The zero-order chi connectivity index (χ0) is 18.4.